The standard InChI is InChI=1S/C20H34N4O3S/c1-14-7-6-8-15(2)23(14)20(25)12-22(5)11-19-16(3)21-24(17(19)4)18-9-10-28(26,27)13-18/h14-15,18H,6-13H2,1-5H3/t14-,15+,18-/m1/s1. The molecule has 3 rings (SSSR count). The van der Waals surface area contributed by atoms with Crippen LogP contribution in [-0.2, 0) is 21.2 Å². The van der Waals surface area contributed by atoms with Gasteiger partial charge in [-0.3, -0.25) is 14.4 Å². The van der Waals surface area contributed by atoms with Crippen LogP contribution in [0.4, 0.5) is 0 Å². The summed E-state index contributed by atoms with van der Waals surface area (Å²) < 4.78 is 25.5. The molecule has 0 unspecified atom stereocenters. The Balaban J connectivity index is 1.67. The smallest absolute Gasteiger partial charge is 0.237 e. The van der Waals surface area contributed by atoms with E-state index in [9.17, 15) is 13.2 Å². The topological polar surface area (TPSA) is 75.5 Å². The summed E-state index contributed by atoms with van der Waals surface area (Å²) in [6, 6.07) is 0.541. The fourth-order valence-electron chi connectivity index (χ4n) is 4.80. The van der Waals surface area contributed by atoms with Gasteiger partial charge in [0.05, 0.1) is 29.8 Å². The van der Waals surface area contributed by atoms with Gasteiger partial charge in [0.1, 0.15) is 0 Å². The Hall–Kier alpha value is -1.41. The highest BCUT2D eigenvalue weighted by molar-refractivity contribution is 7.91. The third-order valence-electron chi connectivity index (χ3n) is 6.34. The van der Waals surface area contributed by atoms with Gasteiger partial charge in [-0.15, -0.1) is 0 Å². The van der Waals surface area contributed by atoms with Gasteiger partial charge < -0.3 is 4.90 Å². The molecule has 2 aliphatic rings. The lowest BCUT2D eigenvalue weighted by Gasteiger charge is -2.39. The maximum Gasteiger partial charge on any atom is 0.237 e. The van der Waals surface area contributed by atoms with E-state index in [1.807, 2.05) is 35.4 Å². The molecule has 3 heterocycles. The molecule has 0 bridgehead atoms. The summed E-state index contributed by atoms with van der Waals surface area (Å²) in [5.41, 5.74) is 3.03. The molecule has 3 atom stereocenters. The third kappa shape index (κ3) is 4.43. The lowest BCUT2D eigenvalue weighted by Crippen LogP contribution is -2.50. The van der Waals surface area contributed by atoms with Crippen molar-refractivity contribution in [3.63, 3.8) is 0 Å². The van der Waals surface area contributed by atoms with E-state index in [0.29, 0.717) is 31.6 Å². The minimum atomic E-state index is -2.95. The molecule has 2 fully saturated rings. The number of carbonyl (C=O) groups is 1. The number of sulfone groups is 1. The number of rotatable bonds is 5. The van der Waals surface area contributed by atoms with Gasteiger partial charge in [0, 0.05) is 29.9 Å². The highest BCUT2D eigenvalue weighted by Crippen LogP contribution is 2.27. The van der Waals surface area contributed by atoms with Crippen LogP contribution < -0.4 is 0 Å². The molecule has 1 amide bonds. The Bertz CT molecular complexity index is 823. The molecule has 158 valence electrons. The van der Waals surface area contributed by atoms with E-state index in [-0.39, 0.29) is 23.5 Å². The van der Waals surface area contributed by atoms with E-state index in [4.69, 9.17) is 0 Å². The molecule has 1 aromatic heterocycles. The first-order valence-electron chi connectivity index (χ1n) is 10.3. The second kappa shape index (κ2) is 8.14. The molecule has 0 radical (unpaired) electrons. The molecule has 0 aromatic carbocycles. The lowest BCUT2D eigenvalue weighted by molar-refractivity contribution is -0.138. The van der Waals surface area contributed by atoms with E-state index in [1.54, 1.807) is 0 Å². The first-order chi connectivity index (χ1) is 13.1. The molecule has 1 aromatic rings. The number of amides is 1. The van der Waals surface area contributed by atoms with E-state index >= 15 is 0 Å². The molecule has 8 heteroatoms. The number of carbonyl (C=O) groups excluding carboxylic acids is 1. The summed E-state index contributed by atoms with van der Waals surface area (Å²) in [7, 11) is -0.982. The molecular weight excluding hydrogens is 376 g/mol. The molecule has 2 aliphatic heterocycles. The first kappa shape index (κ1) is 21.3. The average Bonchev–Trinajstić information content (AvgIpc) is 3.08. The summed E-state index contributed by atoms with van der Waals surface area (Å²) in [4.78, 5) is 17.0. The van der Waals surface area contributed by atoms with Crippen LogP contribution in [0.3, 0.4) is 0 Å². The van der Waals surface area contributed by atoms with Crippen molar-refractivity contribution in [1.82, 2.24) is 19.6 Å². The SMILES string of the molecule is Cc1nn([C@@H]2CCS(=O)(=O)C2)c(C)c1CN(C)CC(=O)N1[C@H](C)CCC[C@@H]1C. The predicted octanol–water partition coefficient (Wildman–Crippen LogP) is 2.08. The van der Waals surface area contributed by atoms with Crippen LogP contribution in [0, 0.1) is 13.8 Å². The Morgan fingerprint density at radius 2 is 1.82 bits per heavy atom. The van der Waals surface area contributed by atoms with Crippen molar-refractivity contribution in [3.05, 3.63) is 17.0 Å². The number of likely N-dealkylation sites (tertiary alicyclic amines) is 1. The van der Waals surface area contributed by atoms with Gasteiger partial charge in [-0.2, -0.15) is 5.10 Å². The van der Waals surface area contributed by atoms with Gasteiger partial charge in [-0.1, -0.05) is 0 Å². The predicted molar refractivity (Wildman–Crippen MR) is 110 cm³/mol. The first-order valence-corrected chi connectivity index (χ1v) is 12.2. The molecular formula is C20H34N4O3S. The Labute approximate surface area is 169 Å². The van der Waals surface area contributed by atoms with E-state index < -0.39 is 9.84 Å². The van der Waals surface area contributed by atoms with Gasteiger partial charge in [0.2, 0.25) is 5.91 Å². The number of aryl methyl sites for hydroxylation is 1. The van der Waals surface area contributed by atoms with Gasteiger partial charge in [-0.05, 0) is 60.4 Å². The zero-order valence-corrected chi connectivity index (χ0v) is 18.6. The minimum Gasteiger partial charge on any atom is -0.336 e. The van der Waals surface area contributed by atoms with Crippen molar-refractivity contribution in [3.8, 4) is 0 Å². The number of aromatic nitrogens is 2. The Morgan fingerprint density at radius 3 is 2.39 bits per heavy atom. The Morgan fingerprint density at radius 1 is 1.18 bits per heavy atom. The zero-order chi connectivity index (χ0) is 20.6. The van der Waals surface area contributed by atoms with Crippen LogP contribution in [0.2, 0.25) is 0 Å². The van der Waals surface area contributed by atoms with E-state index in [2.05, 4.69) is 18.9 Å². The maximum absolute atomic E-state index is 12.9. The van der Waals surface area contributed by atoms with E-state index in [0.717, 1.165) is 29.8 Å². The van der Waals surface area contributed by atoms with Crippen molar-refractivity contribution in [2.24, 2.45) is 0 Å². The second-order valence-electron chi connectivity index (χ2n) is 8.75. The monoisotopic (exact) mass is 410 g/mol. The van der Waals surface area contributed by atoms with Gasteiger partial charge in [0.25, 0.3) is 0 Å². The maximum atomic E-state index is 12.9. The molecule has 0 N–H and O–H groups in total. The highest BCUT2D eigenvalue weighted by Gasteiger charge is 2.32. The number of piperidine rings is 1. The van der Waals surface area contributed by atoms with Gasteiger partial charge >= 0.3 is 0 Å². The van der Waals surface area contributed by atoms with Gasteiger partial charge in [0.15, 0.2) is 9.84 Å². The van der Waals surface area contributed by atoms with Crippen LogP contribution in [-0.4, -0.2) is 71.1 Å². The summed E-state index contributed by atoms with van der Waals surface area (Å²) in [6.45, 7) is 9.27. The number of nitrogens with zero attached hydrogens (tertiary/aromatic N) is 4. The summed E-state index contributed by atoms with van der Waals surface area (Å²) in [6.07, 6.45) is 3.98. The molecule has 0 saturated carbocycles. The number of hydrogen-bond donors (Lipinski definition) is 0. The number of likely N-dealkylation sites (N-methyl/N-ethyl adjacent to an activating group) is 1. The van der Waals surface area contributed by atoms with Crippen LogP contribution in [0.1, 0.15) is 62.5 Å². The molecule has 0 aliphatic carbocycles. The Kier molecular flexibility index (Phi) is 6.20. The fourth-order valence-corrected chi connectivity index (χ4v) is 6.49. The fraction of sp³-hybridized carbons (Fsp3) is 0.800. The normalized spacial score (nSPS) is 27.5. The van der Waals surface area contributed by atoms with Crippen LogP contribution in [0.5, 0.6) is 0 Å². The van der Waals surface area contributed by atoms with E-state index in [1.165, 1.54) is 6.42 Å². The largest absolute Gasteiger partial charge is 0.336 e. The molecule has 7 nitrogen and oxygen atoms in total. The van der Waals surface area contributed by atoms with Crippen molar-refractivity contribution < 1.29 is 13.2 Å². The van der Waals surface area contributed by atoms with Crippen molar-refractivity contribution in [2.45, 2.75) is 78.0 Å². The van der Waals surface area contributed by atoms with Crippen molar-refractivity contribution in [1.29, 1.82) is 0 Å². The molecule has 28 heavy (non-hydrogen) atoms. The molecule has 0 spiro atoms. The third-order valence-corrected chi connectivity index (χ3v) is 8.09. The second-order valence-corrected chi connectivity index (χ2v) is 11.0. The van der Waals surface area contributed by atoms with Crippen molar-refractivity contribution in [2.75, 3.05) is 25.1 Å². The summed E-state index contributed by atoms with van der Waals surface area (Å²) in [5, 5.41) is 4.63. The molecule has 2 saturated heterocycles. The summed E-state index contributed by atoms with van der Waals surface area (Å²) >= 11 is 0. The van der Waals surface area contributed by atoms with Crippen LogP contribution in [0.15, 0.2) is 0 Å². The van der Waals surface area contributed by atoms with Crippen molar-refractivity contribution >= 4 is 15.7 Å². The quantitative estimate of drug-likeness (QED) is 0.743. The average molecular weight is 411 g/mol. The number of hydrogen-bond acceptors (Lipinski definition) is 5. The highest BCUT2D eigenvalue weighted by atomic mass is 32.2. The van der Waals surface area contributed by atoms with Crippen LogP contribution in [0.25, 0.3) is 0 Å². The lowest BCUT2D eigenvalue weighted by atomic mass is 9.97. The zero-order valence-electron chi connectivity index (χ0n) is 17.8. The van der Waals surface area contributed by atoms with Crippen LogP contribution >= 0.6 is 0 Å². The summed E-state index contributed by atoms with van der Waals surface area (Å²) in [5.74, 6) is 0.603. The van der Waals surface area contributed by atoms with Gasteiger partial charge in [-0.25, -0.2) is 8.42 Å². The minimum absolute atomic E-state index is 0.0700.